The molecule has 0 aromatic carbocycles. The minimum atomic E-state index is -0.927. The highest BCUT2D eigenvalue weighted by atomic mass is 17.0. The molecule has 0 saturated carbocycles. The normalized spacial score (nSPS) is 11.8. The summed E-state index contributed by atoms with van der Waals surface area (Å²) in [4.78, 5) is 25.8. The van der Waals surface area contributed by atoms with E-state index in [1.54, 1.807) is 13.8 Å². The Morgan fingerprint density at radius 3 is 1.40 bits per heavy atom. The fourth-order valence-corrected chi connectivity index (χ4v) is 1.56. The van der Waals surface area contributed by atoms with Crippen molar-refractivity contribution in [2.75, 3.05) is 26.3 Å². The zero-order valence-electron chi connectivity index (χ0n) is 14.9. The van der Waals surface area contributed by atoms with Crippen molar-refractivity contribution in [1.29, 1.82) is 0 Å². The van der Waals surface area contributed by atoms with Gasteiger partial charge in [0.1, 0.15) is 0 Å². The van der Waals surface area contributed by atoms with E-state index in [0.29, 0.717) is 24.0 Å². The number of hydrogen-bond donors (Lipinski definition) is 4. The molecule has 0 aliphatic heterocycles. The lowest BCUT2D eigenvalue weighted by atomic mass is 10.3. The van der Waals surface area contributed by atoms with Gasteiger partial charge in [-0.1, -0.05) is 13.2 Å². The lowest BCUT2D eigenvalue weighted by Crippen LogP contribution is -2.73. The van der Waals surface area contributed by atoms with Crippen molar-refractivity contribution in [2.45, 2.75) is 26.7 Å². The third-order valence-corrected chi connectivity index (χ3v) is 2.77. The molecule has 0 rings (SSSR count). The maximum Gasteiger partial charge on any atom is 0.333 e. The highest BCUT2D eigenvalue weighted by Crippen LogP contribution is 2.03. The minimum Gasteiger partial charge on any atom is -0.462 e. The fourth-order valence-electron chi connectivity index (χ4n) is 1.56. The molecule has 0 aromatic rings. The number of rotatable bonds is 12. The minimum absolute atomic E-state index is 0.0858. The molecule has 8 N–H and O–H groups in total. The summed E-state index contributed by atoms with van der Waals surface area (Å²) in [7, 11) is 0. The molecule has 0 radical (unpaired) electrons. The molecule has 0 atom stereocenters. The Hall–Kier alpha value is -1.86. The molecule has 0 saturated heterocycles. The predicted molar refractivity (Wildman–Crippen MR) is 88.9 cm³/mol. The number of hydroxylamine groups is 2. The first-order chi connectivity index (χ1) is 11.4. The molecule has 11 heteroatoms. The molecule has 0 amide bonds. The number of nitrogens with two attached hydrogens (primary N) is 4. The molecule has 11 nitrogen and oxygen atoms in total. The molecule has 144 valence electrons. The molecule has 0 aliphatic rings. The highest BCUT2D eigenvalue weighted by Gasteiger charge is 2.35. The second-order valence-electron chi connectivity index (χ2n) is 5.78. The van der Waals surface area contributed by atoms with Gasteiger partial charge in [0.2, 0.25) is 0 Å². The average molecular weight is 362 g/mol. The lowest BCUT2D eigenvalue weighted by Gasteiger charge is -2.29. The van der Waals surface area contributed by atoms with E-state index in [-0.39, 0.29) is 26.3 Å². The molecule has 0 aromatic heterocycles. The van der Waals surface area contributed by atoms with Crippen LogP contribution in [0.5, 0.6) is 0 Å². The zero-order chi connectivity index (χ0) is 19.7. The van der Waals surface area contributed by atoms with E-state index in [2.05, 4.69) is 13.2 Å². The number of nitrogens with zero attached hydrogens (tertiary/aromatic N) is 2. The molecular formula is C14H30N6O5+2. The van der Waals surface area contributed by atoms with Crippen LogP contribution in [-0.2, 0) is 24.0 Å². The summed E-state index contributed by atoms with van der Waals surface area (Å²) in [5, 5.41) is 0. The summed E-state index contributed by atoms with van der Waals surface area (Å²) in [6.45, 7) is 10.4. The van der Waals surface area contributed by atoms with Gasteiger partial charge in [-0.15, -0.1) is 23.4 Å². The monoisotopic (exact) mass is 362 g/mol. The second kappa shape index (κ2) is 10.2. The fraction of sp³-hybridized carbons (Fsp3) is 0.571. The highest BCUT2D eigenvalue weighted by molar-refractivity contribution is 5.87. The number of carbonyl (C=O) groups excluding carboxylic acids is 2. The number of quaternary nitrogens is 2. The first kappa shape index (κ1) is 23.1. The van der Waals surface area contributed by atoms with Gasteiger partial charge in [0, 0.05) is 33.7 Å². The van der Waals surface area contributed by atoms with Crippen molar-refractivity contribution in [2.24, 2.45) is 23.4 Å². The van der Waals surface area contributed by atoms with Gasteiger partial charge in [-0.25, -0.2) is 9.59 Å². The van der Waals surface area contributed by atoms with Crippen LogP contribution < -0.4 is 23.4 Å². The van der Waals surface area contributed by atoms with Crippen LogP contribution in [0.2, 0.25) is 0 Å². The molecule has 25 heavy (non-hydrogen) atoms. The van der Waals surface area contributed by atoms with Gasteiger partial charge in [-0.3, -0.25) is 0 Å². The topological polar surface area (TPSA) is 166 Å². The smallest absolute Gasteiger partial charge is 0.333 e. The van der Waals surface area contributed by atoms with Crippen LogP contribution in [0.4, 0.5) is 0 Å². The Balaban J connectivity index is 4.14. The summed E-state index contributed by atoms with van der Waals surface area (Å²) in [6, 6.07) is 0. The van der Waals surface area contributed by atoms with E-state index in [0.717, 1.165) is 0 Å². The SMILES string of the molecule is C=C(C)C(=O)OCCC[N+](N)(N)O[N+](N)(N)CCCOC(=O)C(=C)C. The lowest BCUT2D eigenvalue weighted by molar-refractivity contribution is -1.37. The Bertz CT molecular complexity index is 462. The van der Waals surface area contributed by atoms with Gasteiger partial charge in [0.05, 0.1) is 18.2 Å². The third kappa shape index (κ3) is 11.3. The van der Waals surface area contributed by atoms with Crippen molar-refractivity contribution in [3.63, 3.8) is 0 Å². The van der Waals surface area contributed by atoms with Gasteiger partial charge in [-0.2, -0.15) is 0 Å². The summed E-state index contributed by atoms with van der Waals surface area (Å²) in [6.07, 6.45) is 0.643. The van der Waals surface area contributed by atoms with Crippen LogP contribution in [0.3, 0.4) is 0 Å². The second-order valence-corrected chi connectivity index (χ2v) is 5.78. The van der Waals surface area contributed by atoms with E-state index in [9.17, 15) is 9.59 Å². The van der Waals surface area contributed by atoms with Crippen LogP contribution in [0, 0.1) is 0 Å². The van der Waals surface area contributed by atoms with Gasteiger partial charge in [0.15, 0.2) is 13.1 Å². The van der Waals surface area contributed by atoms with E-state index < -0.39 is 21.7 Å². The third-order valence-electron chi connectivity index (χ3n) is 2.77. The van der Waals surface area contributed by atoms with Crippen molar-refractivity contribution < 1.29 is 33.7 Å². The number of ether oxygens (including phenoxy) is 2. The van der Waals surface area contributed by atoms with Crippen molar-refractivity contribution in [3.8, 4) is 0 Å². The van der Waals surface area contributed by atoms with Crippen LogP contribution in [0.15, 0.2) is 24.3 Å². The van der Waals surface area contributed by atoms with Crippen molar-refractivity contribution >= 4 is 11.9 Å². The molecule has 0 unspecified atom stereocenters. The van der Waals surface area contributed by atoms with Gasteiger partial charge < -0.3 is 9.47 Å². The number of esters is 2. The maximum absolute atomic E-state index is 11.2. The quantitative estimate of drug-likeness (QED) is 0.0848. The van der Waals surface area contributed by atoms with E-state index in [1.165, 1.54) is 0 Å². The Morgan fingerprint density at radius 2 is 1.12 bits per heavy atom. The van der Waals surface area contributed by atoms with E-state index in [4.69, 9.17) is 37.8 Å². The molecular weight excluding hydrogens is 332 g/mol. The van der Waals surface area contributed by atoms with Crippen LogP contribution in [0.25, 0.3) is 0 Å². The summed E-state index contributed by atoms with van der Waals surface area (Å²) in [5.41, 5.74) is 0.592. The van der Waals surface area contributed by atoms with Crippen LogP contribution >= 0.6 is 0 Å². The van der Waals surface area contributed by atoms with E-state index in [1.807, 2.05) is 0 Å². The van der Waals surface area contributed by atoms with Gasteiger partial charge in [0.25, 0.3) is 0 Å². The first-order valence-corrected chi connectivity index (χ1v) is 7.63. The Labute approximate surface area is 147 Å². The van der Waals surface area contributed by atoms with Gasteiger partial charge >= 0.3 is 11.9 Å². The molecule has 0 heterocycles. The Morgan fingerprint density at radius 1 is 0.800 bits per heavy atom. The zero-order valence-corrected chi connectivity index (χ0v) is 14.9. The predicted octanol–water partition coefficient (Wildman–Crippen LogP) is -1.02. The standard InChI is InChI=1S/C14H30N6O5/c1-11(2)13(21)23-9-5-7-19(15,16)25-20(17,18)8-6-10-24-14(22)12(3)4/h1,3,5-10,15-18H2,2,4H3/q+2. The molecule has 0 aliphatic carbocycles. The van der Waals surface area contributed by atoms with Gasteiger partial charge in [-0.05, 0) is 13.8 Å². The summed E-state index contributed by atoms with van der Waals surface area (Å²) in [5.74, 6) is 21.9. The maximum atomic E-state index is 11.2. The number of carbonyl (C=O) groups is 2. The molecule has 0 spiro atoms. The molecule has 0 bridgehead atoms. The van der Waals surface area contributed by atoms with E-state index >= 15 is 0 Å². The molecule has 0 fully saturated rings. The summed E-state index contributed by atoms with van der Waals surface area (Å²) >= 11 is 0. The van der Waals surface area contributed by atoms with Crippen molar-refractivity contribution in [1.82, 2.24) is 0 Å². The summed E-state index contributed by atoms with van der Waals surface area (Å²) < 4.78 is 9.82. The van der Waals surface area contributed by atoms with Crippen LogP contribution in [0.1, 0.15) is 26.7 Å². The largest absolute Gasteiger partial charge is 0.462 e. The Kier molecular flexibility index (Phi) is 9.44. The number of hydrogen-bond acceptors (Lipinski definition) is 9. The average Bonchev–Trinajstić information content (AvgIpc) is 2.46. The van der Waals surface area contributed by atoms with Crippen LogP contribution in [-0.4, -0.2) is 48.0 Å². The first-order valence-electron chi connectivity index (χ1n) is 7.63. The van der Waals surface area contributed by atoms with Crippen molar-refractivity contribution in [3.05, 3.63) is 24.3 Å².